The van der Waals surface area contributed by atoms with Crippen LogP contribution in [0.2, 0.25) is 0 Å². The van der Waals surface area contributed by atoms with Crippen LogP contribution >= 0.6 is 12.4 Å². The maximum atomic E-state index is 12.2. The van der Waals surface area contributed by atoms with Crippen molar-refractivity contribution in [2.75, 3.05) is 26.2 Å². The molecule has 1 fully saturated rings. The number of nitrogens with zero attached hydrogens (tertiary/aromatic N) is 3. The minimum absolute atomic E-state index is 0. The smallest absolute Gasteiger partial charge is 0.274 e. The summed E-state index contributed by atoms with van der Waals surface area (Å²) < 4.78 is 1.81. The van der Waals surface area contributed by atoms with Crippen molar-refractivity contribution in [3.63, 3.8) is 0 Å². The van der Waals surface area contributed by atoms with Crippen LogP contribution in [0.5, 0.6) is 0 Å². The summed E-state index contributed by atoms with van der Waals surface area (Å²) in [5.74, 6) is 0.436. The molecule has 1 aliphatic heterocycles. The Kier molecular flexibility index (Phi) is 5.16. The molecule has 1 aliphatic rings. The summed E-state index contributed by atoms with van der Waals surface area (Å²) >= 11 is 0. The van der Waals surface area contributed by atoms with Gasteiger partial charge in [0.2, 0.25) is 0 Å². The first-order valence-electron chi connectivity index (χ1n) is 6.13. The van der Waals surface area contributed by atoms with Crippen molar-refractivity contribution in [1.29, 1.82) is 0 Å². The van der Waals surface area contributed by atoms with Crippen LogP contribution in [-0.4, -0.2) is 46.8 Å². The Hall–Kier alpha value is -1.07. The topological polar surface area (TPSA) is 50.2 Å². The predicted octanol–water partition coefficient (Wildman–Crippen LogP) is 1.01. The molecule has 6 heteroatoms. The fourth-order valence-electron chi connectivity index (χ4n) is 2.16. The number of rotatable bonds is 2. The SMILES string of the molecule is CC(C)c1cc(C(=O)N2CCNCC2)nn1C.Cl. The third-order valence-corrected chi connectivity index (χ3v) is 3.13. The van der Waals surface area contributed by atoms with E-state index in [-0.39, 0.29) is 18.3 Å². The quantitative estimate of drug-likeness (QED) is 0.874. The molecule has 5 nitrogen and oxygen atoms in total. The van der Waals surface area contributed by atoms with Crippen molar-refractivity contribution in [3.05, 3.63) is 17.5 Å². The van der Waals surface area contributed by atoms with Crippen LogP contribution in [-0.2, 0) is 7.05 Å². The van der Waals surface area contributed by atoms with Crippen molar-refractivity contribution < 1.29 is 4.79 Å². The molecule has 2 rings (SSSR count). The number of nitrogens with one attached hydrogen (secondary N) is 1. The van der Waals surface area contributed by atoms with Gasteiger partial charge in [0.05, 0.1) is 0 Å². The lowest BCUT2D eigenvalue weighted by molar-refractivity contribution is 0.0729. The predicted molar refractivity (Wildman–Crippen MR) is 73.3 cm³/mol. The average Bonchev–Trinajstić information content (AvgIpc) is 2.71. The number of carbonyl (C=O) groups excluding carboxylic acids is 1. The largest absolute Gasteiger partial charge is 0.335 e. The van der Waals surface area contributed by atoms with E-state index in [1.54, 1.807) is 4.68 Å². The van der Waals surface area contributed by atoms with Crippen LogP contribution in [0.4, 0.5) is 0 Å². The van der Waals surface area contributed by atoms with E-state index in [4.69, 9.17) is 0 Å². The van der Waals surface area contributed by atoms with Crippen molar-refractivity contribution in [1.82, 2.24) is 20.0 Å². The third-order valence-electron chi connectivity index (χ3n) is 3.13. The van der Waals surface area contributed by atoms with E-state index in [1.807, 2.05) is 18.0 Å². The maximum absolute atomic E-state index is 12.2. The zero-order chi connectivity index (χ0) is 12.4. The first-order chi connectivity index (χ1) is 8.09. The second kappa shape index (κ2) is 6.20. The Morgan fingerprint density at radius 2 is 2.00 bits per heavy atom. The van der Waals surface area contributed by atoms with E-state index in [0.717, 1.165) is 31.9 Å². The number of carbonyl (C=O) groups is 1. The van der Waals surface area contributed by atoms with E-state index < -0.39 is 0 Å². The van der Waals surface area contributed by atoms with Gasteiger partial charge in [0.25, 0.3) is 5.91 Å². The number of aromatic nitrogens is 2. The van der Waals surface area contributed by atoms with E-state index >= 15 is 0 Å². The van der Waals surface area contributed by atoms with E-state index in [2.05, 4.69) is 24.3 Å². The highest BCUT2D eigenvalue weighted by Gasteiger charge is 2.21. The van der Waals surface area contributed by atoms with Crippen molar-refractivity contribution >= 4 is 18.3 Å². The summed E-state index contributed by atoms with van der Waals surface area (Å²) in [5, 5.41) is 7.55. The van der Waals surface area contributed by atoms with E-state index in [9.17, 15) is 4.79 Å². The molecule has 2 heterocycles. The highest BCUT2D eigenvalue weighted by atomic mass is 35.5. The Morgan fingerprint density at radius 3 is 2.50 bits per heavy atom. The highest BCUT2D eigenvalue weighted by Crippen LogP contribution is 2.15. The highest BCUT2D eigenvalue weighted by molar-refractivity contribution is 5.92. The summed E-state index contributed by atoms with van der Waals surface area (Å²) in [5.41, 5.74) is 1.67. The fraction of sp³-hybridized carbons (Fsp3) is 0.667. The Morgan fingerprint density at radius 1 is 1.39 bits per heavy atom. The molecule has 0 radical (unpaired) electrons. The van der Waals surface area contributed by atoms with Gasteiger partial charge in [-0.1, -0.05) is 13.8 Å². The minimum atomic E-state index is 0. The molecule has 1 N–H and O–H groups in total. The minimum Gasteiger partial charge on any atom is -0.335 e. The fourth-order valence-corrected chi connectivity index (χ4v) is 2.16. The lowest BCUT2D eigenvalue weighted by Crippen LogP contribution is -2.46. The van der Waals surface area contributed by atoms with E-state index in [0.29, 0.717) is 11.6 Å². The molecule has 1 aromatic heterocycles. The van der Waals surface area contributed by atoms with Crippen LogP contribution < -0.4 is 5.32 Å². The third kappa shape index (κ3) is 3.03. The lowest BCUT2D eigenvalue weighted by atomic mass is 10.1. The van der Waals surface area contributed by atoms with Gasteiger partial charge in [-0.2, -0.15) is 5.10 Å². The molecular formula is C12H21ClN4O. The standard InChI is InChI=1S/C12H20N4O.ClH/c1-9(2)11-8-10(14-15(11)3)12(17)16-6-4-13-5-7-16;/h8-9,13H,4-7H2,1-3H3;1H. The molecule has 0 saturated carbocycles. The first kappa shape index (κ1) is 15.0. The molecule has 0 spiro atoms. The molecule has 0 aliphatic carbocycles. The van der Waals surface area contributed by atoms with Gasteiger partial charge in [0.1, 0.15) is 0 Å². The average molecular weight is 273 g/mol. The van der Waals surface area contributed by atoms with Crippen LogP contribution in [0.3, 0.4) is 0 Å². The molecule has 0 bridgehead atoms. The first-order valence-corrected chi connectivity index (χ1v) is 6.13. The van der Waals surface area contributed by atoms with Crippen LogP contribution in [0.1, 0.15) is 35.9 Å². The van der Waals surface area contributed by atoms with Crippen molar-refractivity contribution in [3.8, 4) is 0 Å². The van der Waals surface area contributed by atoms with Crippen LogP contribution in [0.25, 0.3) is 0 Å². The number of aryl methyl sites for hydroxylation is 1. The van der Waals surface area contributed by atoms with Gasteiger partial charge in [0.15, 0.2) is 5.69 Å². The van der Waals surface area contributed by atoms with Crippen molar-refractivity contribution in [2.45, 2.75) is 19.8 Å². The van der Waals surface area contributed by atoms with Crippen LogP contribution in [0.15, 0.2) is 6.07 Å². The monoisotopic (exact) mass is 272 g/mol. The second-order valence-electron chi connectivity index (χ2n) is 4.77. The van der Waals surface area contributed by atoms with E-state index in [1.165, 1.54) is 0 Å². The molecule has 1 saturated heterocycles. The molecular weight excluding hydrogens is 252 g/mol. The number of amides is 1. The number of halogens is 1. The van der Waals surface area contributed by atoms with Gasteiger partial charge in [0, 0.05) is 38.9 Å². The summed E-state index contributed by atoms with van der Waals surface area (Å²) in [7, 11) is 1.89. The molecule has 1 aromatic rings. The number of hydrogen-bond acceptors (Lipinski definition) is 3. The van der Waals surface area contributed by atoms with Crippen molar-refractivity contribution in [2.24, 2.45) is 7.05 Å². The number of piperazine rings is 1. The molecule has 0 unspecified atom stereocenters. The van der Waals surface area contributed by atoms with Crippen LogP contribution in [0, 0.1) is 0 Å². The van der Waals surface area contributed by atoms with Gasteiger partial charge in [-0.3, -0.25) is 9.48 Å². The summed E-state index contributed by atoms with van der Waals surface area (Å²) in [4.78, 5) is 14.1. The summed E-state index contributed by atoms with van der Waals surface area (Å²) in [6.07, 6.45) is 0. The molecule has 18 heavy (non-hydrogen) atoms. The van der Waals surface area contributed by atoms with Gasteiger partial charge in [-0.15, -0.1) is 12.4 Å². The van der Waals surface area contributed by atoms with Gasteiger partial charge in [-0.25, -0.2) is 0 Å². The maximum Gasteiger partial charge on any atom is 0.274 e. The normalized spacial score (nSPS) is 15.7. The number of hydrogen-bond donors (Lipinski definition) is 1. The summed E-state index contributed by atoms with van der Waals surface area (Å²) in [6.45, 7) is 7.50. The van der Waals surface area contributed by atoms with Gasteiger partial charge < -0.3 is 10.2 Å². The van der Waals surface area contributed by atoms with Gasteiger partial charge in [-0.05, 0) is 12.0 Å². The zero-order valence-electron chi connectivity index (χ0n) is 11.1. The molecule has 102 valence electrons. The molecule has 1 amide bonds. The van der Waals surface area contributed by atoms with Gasteiger partial charge >= 0.3 is 0 Å². The Bertz CT molecular complexity index is 410. The molecule has 0 atom stereocenters. The second-order valence-corrected chi connectivity index (χ2v) is 4.77. The zero-order valence-corrected chi connectivity index (χ0v) is 12.0. The Balaban J connectivity index is 0.00000162. The lowest BCUT2D eigenvalue weighted by Gasteiger charge is -2.26. The Labute approximate surface area is 114 Å². The molecule has 0 aromatic carbocycles. The summed E-state index contributed by atoms with van der Waals surface area (Å²) in [6, 6.07) is 1.91.